The molecule has 40 heavy (non-hydrogen) atoms. The molecule has 0 saturated carbocycles. The van der Waals surface area contributed by atoms with E-state index in [-0.39, 0.29) is 40.1 Å². The van der Waals surface area contributed by atoms with E-state index < -0.39 is 52.1 Å². The first-order valence-electron chi connectivity index (χ1n) is 12.4. The second-order valence-electron chi connectivity index (χ2n) is 10.2. The molecule has 0 radical (unpaired) electrons. The topological polar surface area (TPSA) is 203 Å². The Morgan fingerprint density at radius 2 is 1.73 bits per heavy atom. The Balaban J connectivity index is 1.64. The average molecular weight is 546 g/mol. The fourth-order valence-electron chi connectivity index (χ4n) is 5.68. The van der Waals surface area contributed by atoms with E-state index in [1.54, 1.807) is 26.0 Å². The predicted octanol–water partition coefficient (Wildman–Crippen LogP) is 2.19. The number of amides is 1. The number of phenolic OH excluding ortho intramolecular Hbond substituents is 3. The molecule has 0 heterocycles. The van der Waals surface area contributed by atoms with Crippen LogP contribution in [0.1, 0.15) is 44.3 Å². The highest BCUT2D eigenvalue weighted by Crippen LogP contribution is 2.50. The van der Waals surface area contributed by atoms with Crippen molar-refractivity contribution >= 4 is 34.0 Å². The maximum absolute atomic E-state index is 13.9. The second-order valence-corrected chi connectivity index (χ2v) is 10.2. The zero-order valence-electron chi connectivity index (χ0n) is 21.8. The number of nitrogens with two attached hydrogens (primary N) is 1. The molecule has 1 amide bonds. The molecule has 0 bridgehead atoms. The van der Waals surface area contributed by atoms with E-state index in [0.29, 0.717) is 22.1 Å². The number of nitrogens with zero attached hydrogens (tertiary/aromatic N) is 1. The first-order valence-corrected chi connectivity index (χ1v) is 12.4. The van der Waals surface area contributed by atoms with Crippen molar-refractivity contribution in [1.82, 2.24) is 5.43 Å². The number of ketones is 2. The summed E-state index contributed by atoms with van der Waals surface area (Å²) in [5.41, 5.74) is 5.86. The van der Waals surface area contributed by atoms with Gasteiger partial charge in [-0.3, -0.25) is 14.4 Å². The number of fused-ring (bicyclic) bond motifs is 3. The minimum atomic E-state index is -2.70. The van der Waals surface area contributed by atoms with Gasteiger partial charge in [-0.1, -0.05) is 24.3 Å². The van der Waals surface area contributed by atoms with Gasteiger partial charge >= 0.3 is 0 Å². The van der Waals surface area contributed by atoms with Gasteiger partial charge in [0.1, 0.15) is 23.0 Å². The van der Waals surface area contributed by atoms with Gasteiger partial charge in [0.15, 0.2) is 11.4 Å². The van der Waals surface area contributed by atoms with Crippen molar-refractivity contribution in [3.63, 3.8) is 0 Å². The third-order valence-electron chi connectivity index (χ3n) is 7.96. The highest BCUT2D eigenvalue weighted by atomic mass is 16.3. The molecular formula is C29H27N3O8. The molecule has 206 valence electrons. The average Bonchev–Trinajstić information content (AvgIpc) is 2.92. The summed E-state index contributed by atoms with van der Waals surface area (Å²) in [6, 6.07) is 7.59. The summed E-state index contributed by atoms with van der Waals surface area (Å²) in [7, 11) is 0. The van der Waals surface area contributed by atoms with Gasteiger partial charge in [-0.2, -0.15) is 5.10 Å². The molecule has 0 saturated heterocycles. The van der Waals surface area contributed by atoms with Gasteiger partial charge < -0.3 is 31.3 Å². The van der Waals surface area contributed by atoms with Crippen LogP contribution in [-0.2, 0) is 11.2 Å². The van der Waals surface area contributed by atoms with E-state index in [1.807, 2.05) is 0 Å². The minimum absolute atomic E-state index is 0.0242. The number of benzene rings is 3. The lowest BCUT2D eigenvalue weighted by atomic mass is 9.61. The molecule has 11 nitrogen and oxygen atoms in total. The molecule has 3 aromatic carbocycles. The number of carbonyl (C=O) groups excluding carboxylic acids is 3. The fraction of sp³-hybridized carbons (Fsp3) is 0.241. The van der Waals surface area contributed by atoms with Gasteiger partial charge in [-0.25, -0.2) is 5.43 Å². The van der Waals surface area contributed by atoms with Gasteiger partial charge in [0.2, 0.25) is 5.78 Å². The molecule has 0 spiro atoms. The number of hydrogen-bond acceptors (Lipinski definition) is 10. The van der Waals surface area contributed by atoms with Crippen LogP contribution in [0.4, 0.5) is 0 Å². The Morgan fingerprint density at radius 1 is 1.05 bits per heavy atom. The Kier molecular flexibility index (Phi) is 6.16. The number of rotatable bonds is 3. The van der Waals surface area contributed by atoms with E-state index >= 15 is 0 Å². The molecule has 0 fully saturated rings. The lowest BCUT2D eigenvalue weighted by Gasteiger charge is -2.45. The molecule has 11 heteroatoms. The number of phenols is 3. The number of aromatic hydroxyl groups is 3. The molecule has 2 aliphatic carbocycles. The van der Waals surface area contributed by atoms with Crippen LogP contribution < -0.4 is 11.2 Å². The third kappa shape index (κ3) is 3.59. The molecule has 0 unspecified atom stereocenters. The van der Waals surface area contributed by atoms with Crippen LogP contribution in [0.2, 0.25) is 0 Å². The van der Waals surface area contributed by atoms with Crippen molar-refractivity contribution in [1.29, 1.82) is 0 Å². The molecule has 2 aliphatic rings. The van der Waals surface area contributed by atoms with E-state index in [1.165, 1.54) is 31.2 Å². The van der Waals surface area contributed by atoms with Gasteiger partial charge in [-0.05, 0) is 61.4 Å². The van der Waals surface area contributed by atoms with Crippen molar-refractivity contribution in [2.24, 2.45) is 16.8 Å². The molecule has 3 atom stereocenters. The highest BCUT2D eigenvalue weighted by molar-refractivity contribution is 6.27. The van der Waals surface area contributed by atoms with E-state index in [2.05, 4.69) is 10.5 Å². The summed E-state index contributed by atoms with van der Waals surface area (Å²) in [6.45, 7) is 4.58. The number of aryl methyl sites for hydroxylation is 2. The largest absolute Gasteiger partial charge is 0.508 e. The van der Waals surface area contributed by atoms with Gasteiger partial charge in [-0.15, -0.1) is 0 Å². The molecule has 3 aromatic rings. The summed E-state index contributed by atoms with van der Waals surface area (Å²) < 4.78 is 0. The van der Waals surface area contributed by atoms with Gasteiger partial charge in [0.05, 0.1) is 33.8 Å². The normalized spacial score (nSPS) is 22.8. The standard InChI is InChI=1S/C29H27N3O8/c1-11-8-9-14-12(2)16-10-17-22(30)25(36)19(13(3)31-32-28(39)15-6-4-5-7-18(15)33)26(37)29(17,40)27(38)21(16)24(35)20(14)23(11)34/h4-9,17,22,33-35,37,40H,10,30H2,1-3H3,(H,32,39)/b31-13+/t17-,22+,29+/m0/s1. The van der Waals surface area contributed by atoms with Crippen LogP contribution in [0.3, 0.4) is 0 Å². The van der Waals surface area contributed by atoms with Crippen LogP contribution in [-0.4, -0.2) is 60.4 Å². The maximum atomic E-state index is 13.9. The maximum Gasteiger partial charge on any atom is 0.275 e. The van der Waals surface area contributed by atoms with Gasteiger partial charge in [0.25, 0.3) is 5.91 Å². The molecule has 5 rings (SSSR count). The first kappa shape index (κ1) is 26.9. The SMILES string of the molecule is C/C(=N\NC(=O)c1ccccc1O)C1=C(O)[C@@]2(O)C(=O)c3c(c(C)c4ccc(C)c(O)c4c3O)C[C@H]2[C@@H](N)C1=O. The lowest BCUT2D eigenvalue weighted by molar-refractivity contribution is -0.122. The Hall–Kier alpha value is -4.74. The van der Waals surface area contributed by atoms with Crippen molar-refractivity contribution < 1.29 is 39.9 Å². The monoisotopic (exact) mass is 545 g/mol. The van der Waals surface area contributed by atoms with Crippen LogP contribution in [0.15, 0.2) is 52.8 Å². The third-order valence-corrected chi connectivity index (χ3v) is 7.96. The number of aliphatic hydroxyl groups is 2. The van der Waals surface area contributed by atoms with E-state index in [4.69, 9.17) is 5.73 Å². The fourth-order valence-corrected chi connectivity index (χ4v) is 5.68. The minimum Gasteiger partial charge on any atom is -0.508 e. The van der Waals surface area contributed by atoms with E-state index in [9.17, 15) is 39.9 Å². The summed E-state index contributed by atoms with van der Waals surface area (Å²) >= 11 is 0. The van der Waals surface area contributed by atoms with Crippen LogP contribution in [0.25, 0.3) is 10.8 Å². The van der Waals surface area contributed by atoms with E-state index in [0.717, 1.165) is 0 Å². The second kappa shape index (κ2) is 9.18. The summed E-state index contributed by atoms with van der Waals surface area (Å²) in [5.74, 6) is -6.10. The number of Topliss-reactive ketones (excluding diaryl/α,β-unsaturated/α-hetero) is 2. The van der Waals surface area contributed by atoms with Gasteiger partial charge in [0, 0.05) is 5.92 Å². The number of carbonyl (C=O) groups is 3. The van der Waals surface area contributed by atoms with Crippen LogP contribution >= 0.6 is 0 Å². The lowest BCUT2D eigenvalue weighted by Crippen LogP contribution is -2.63. The number of hydrogen-bond donors (Lipinski definition) is 7. The first-order chi connectivity index (χ1) is 18.8. The molecule has 0 aliphatic heterocycles. The van der Waals surface area contributed by atoms with Crippen molar-refractivity contribution in [2.75, 3.05) is 0 Å². The Bertz CT molecular complexity index is 1720. The van der Waals surface area contributed by atoms with Crippen LogP contribution in [0, 0.1) is 19.8 Å². The Labute approximate surface area is 227 Å². The number of para-hydroxylation sites is 1. The quantitative estimate of drug-likeness (QED) is 0.190. The summed E-state index contributed by atoms with van der Waals surface area (Å²) in [4.78, 5) is 39.7. The predicted molar refractivity (Wildman–Crippen MR) is 145 cm³/mol. The zero-order chi connectivity index (χ0) is 29.3. The summed E-state index contributed by atoms with van der Waals surface area (Å²) in [6.07, 6.45) is -0.133. The number of hydrazone groups is 1. The molecule has 0 aromatic heterocycles. The molecule has 8 N–H and O–H groups in total. The van der Waals surface area contributed by atoms with Crippen molar-refractivity contribution in [3.8, 4) is 17.2 Å². The van der Waals surface area contributed by atoms with Crippen LogP contribution in [0.5, 0.6) is 17.2 Å². The Morgan fingerprint density at radius 3 is 2.40 bits per heavy atom. The van der Waals surface area contributed by atoms with Crippen molar-refractivity contribution in [3.05, 3.63) is 75.5 Å². The number of aliphatic hydroxyl groups excluding tert-OH is 1. The zero-order valence-corrected chi connectivity index (χ0v) is 21.8. The highest BCUT2D eigenvalue weighted by Gasteiger charge is 2.60. The number of nitrogens with one attached hydrogen (secondary N) is 1. The molecular weight excluding hydrogens is 518 g/mol. The summed E-state index contributed by atoms with van der Waals surface area (Å²) in [5, 5.41) is 59.1. The van der Waals surface area contributed by atoms with Crippen molar-refractivity contribution in [2.45, 2.75) is 38.8 Å². The smallest absolute Gasteiger partial charge is 0.275 e.